The maximum atomic E-state index is 11.8. The minimum absolute atomic E-state index is 0.0217. The first-order valence-corrected chi connectivity index (χ1v) is 6.28. The van der Waals surface area contributed by atoms with Gasteiger partial charge in [0.05, 0.1) is 13.7 Å². The van der Waals surface area contributed by atoms with Crippen LogP contribution in [0.1, 0.15) is 18.9 Å². The minimum Gasteiger partial charge on any atom is -0.468 e. The van der Waals surface area contributed by atoms with E-state index in [0.29, 0.717) is 17.7 Å². The van der Waals surface area contributed by atoms with E-state index in [-0.39, 0.29) is 18.4 Å². The van der Waals surface area contributed by atoms with E-state index in [1.165, 1.54) is 7.11 Å². The summed E-state index contributed by atoms with van der Waals surface area (Å²) in [5, 5.41) is 5.55. The summed E-state index contributed by atoms with van der Waals surface area (Å²) in [6, 6.07) is 6.51. The molecular formula is C15H18N2O3. The van der Waals surface area contributed by atoms with Crippen LogP contribution < -0.4 is 10.6 Å². The first kappa shape index (κ1) is 15.7. The average molecular weight is 274 g/mol. The maximum absolute atomic E-state index is 11.8. The second-order valence-corrected chi connectivity index (χ2v) is 4.14. The number of benzene rings is 1. The van der Waals surface area contributed by atoms with Crippen molar-refractivity contribution in [2.24, 2.45) is 0 Å². The molecule has 1 unspecified atom stereocenters. The summed E-state index contributed by atoms with van der Waals surface area (Å²) in [5.74, 6) is 1.87. The van der Waals surface area contributed by atoms with Gasteiger partial charge in [0.2, 0.25) is 5.91 Å². The fourth-order valence-corrected chi connectivity index (χ4v) is 1.64. The van der Waals surface area contributed by atoms with Crippen LogP contribution in [0.15, 0.2) is 24.3 Å². The number of nitrogens with one attached hydrogen (secondary N) is 2. The van der Waals surface area contributed by atoms with Gasteiger partial charge in [-0.15, -0.1) is 6.42 Å². The van der Waals surface area contributed by atoms with Gasteiger partial charge >= 0.3 is 5.97 Å². The van der Waals surface area contributed by atoms with E-state index < -0.39 is 6.04 Å². The number of hydrogen-bond donors (Lipinski definition) is 2. The molecule has 0 saturated carbocycles. The van der Waals surface area contributed by atoms with Crippen molar-refractivity contribution in [2.75, 3.05) is 19.0 Å². The van der Waals surface area contributed by atoms with E-state index in [1.54, 1.807) is 24.3 Å². The fourth-order valence-electron chi connectivity index (χ4n) is 1.64. The number of amides is 1. The summed E-state index contributed by atoms with van der Waals surface area (Å²) in [5.41, 5.74) is 1.31. The van der Waals surface area contributed by atoms with Crippen LogP contribution in [0.3, 0.4) is 0 Å². The van der Waals surface area contributed by atoms with Crippen molar-refractivity contribution in [1.29, 1.82) is 0 Å². The van der Waals surface area contributed by atoms with Crippen LogP contribution in [0.2, 0.25) is 0 Å². The van der Waals surface area contributed by atoms with Gasteiger partial charge in [0.15, 0.2) is 0 Å². The largest absolute Gasteiger partial charge is 0.468 e. The lowest BCUT2D eigenvalue weighted by Crippen LogP contribution is -2.41. The van der Waals surface area contributed by atoms with Crippen molar-refractivity contribution in [2.45, 2.75) is 19.4 Å². The van der Waals surface area contributed by atoms with E-state index in [9.17, 15) is 9.59 Å². The van der Waals surface area contributed by atoms with Gasteiger partial charge < -0.3 is 10.1 Å². The van der Waals surface area contributed by atoms with Crippen LogP contribution in [0.4, 0.5) is 5.69 Å². The Labute approximate surface area is 118 Å². The first-order chi connectivity index (χ1) is 9.60. The van der Waals surface area contributed by atoms with Gasteiger partial charge in [-0.25, -0.2) is 0 Å². The minimum atomic E-state index is -0.484. The zero-order chi connectivity index (χ0) is 15.0. The summed E-state index contributed by atoms with van der Waals surface area (Å²) in [6.45, 7) is 1.86. The molecule has 0 aliphatic carbocycles. The lowest BCUT2D eigenvalue weighted by atomic mass is 10.2. The predicted molar refractivity (Wildman–Crippen MR) is 77.1 cm³/mol. The van der Waals surface area contributed by atoms with Gasteiger partial charge in [-0.3, -0.25) is 14.9 Å². The first-order valence-electron chi connectivity index (χ1n) is 6.28. The van der Waals surface area contributed by atoms with Crippen molar-refractivity contribution in [3.8, 4) is 12.3 Å². The van der Waals surface area contributed by atoms with Crippen LogP contribution >= 0.6 is 0 Å². The summed E-state index contributed by atoms with van der Waals surface area (Å²) in [7, 11) is 1.32. The molecule has 0 aromatic heterocycles. The van der Waals surface area contributed by atoms with E-state index in [1.807, 2.05) is 6.92 Å². The summed E-state index contributed by atoms with van der Waals surface area (Å²) >= 11 is 0. The third-order valence-electron chi connectivity index (χ3n) is 2.72. The van der Waals surface area contributed by atoms with Crippen LogP contribution in [0, 0.1) is 12.3 Å². The lowest BCUT2D eigenvalue weighted by molar-refractivity contribution is -0.143. The van der Waals surface area contributed by atoms with Crippen LogP contribution in [0.5, 0.6) is 0 Å². The molecule has 0 spiro atoms. The number of esters is 1. The highest BCUT2D eigenvalue weighted by Gasteiger charge is 2.17. The highest BCUT2D eigenvalue weighted by Crippen LogP contribution is 2.09. The van der Waals surface area contributed by atoms with Gasteiger partial charge in [-0.1, -0.05) is 18.9 Å². The number of carbonyl (C=O) groups is 2. The number of methoxy groups -OCH3 is 1. The van der Waals surface area contributed by atoms with Crippen molar-refractivity contribution in [3.63, 3.8) is 0 Å². The number of ether oxygens (including phenoxy) is 1. The van der Waals surface area contributed by atoms with Crippen LogP contribution in [-0.2, 0) is 14.3 Å². The summed E-state index contributed by atoms with van der Waals surface area (Å²) in [4.78, 5) is 23.1. The SMILES string of the molecule is C#Cc1cccc(NC(=O)CNC(CC)C(=O)OC)c1. The van der Waals surface area contributed by atoms with Crippen LogP contribution in [0.25, 0.3) is 0 Å². The van der Waals surface area contributed by atoms with Gasteiger partial charge in [0, 0.05) is 11.3 Å². The zero-order valence-electron chi connectivity index (χ0n) is 11.6. The third kappa shape index (κ3) is 4.75. The smallest absolute Gasteiger partial charge is 0.322 e. The highest BCUT2D eigenvalue weighted by molar-refractivity contribution is 5.92. The summed E-state index contributed by atoms with van der Waals surface area (Å²) in [6.07, 6.45) is 5.84. The lowest BCUT2D eigenvalue weighted by Gasteiger charge is -2.14. The molecule has 0 aliphatic rings. The quantitative estimate of drug-likeness (QED) is 0.603. The Morgan fingerprint density at radius 1 is 1.45 bits per heavy atom. The Hall–Kier alpha value is -2.32. The molecule has 0 fully saturated rings. The van der Waals surface area contributed by atoms with Crippen LogP contribution in [-0.4, -0.2) is 31.6 Å². The Kier molecular flexibility index (Phi) is 6.27. The van der Waals surface area contributed by atoms with Crippen molar-refractivity contribution in [3.05, 3.63) is 29.8 Å². The molecule has 106 valence electrons. The molecule has 0 aliphatic heterocycles. The normalized spacial score (nSPS) is 11.2. The average Bonchev–Trinajstić information content (AvgIpc) is 2.47. The second-order valence-electron chi connectivity index (χ2n) is 4.14. The number of anilines is 1. The Morgan fingerprint density at radius 3 is 2.80 bits per heavy atom. The standard InChI is InChI=1S/C15H18N2O3/c1-4-11-7-6-8-12(9-11)17-14(18)10-16-13(5-2)15(19)20-3/h1,6-9,13,16H,5,10H2,2-3H3,(H,17,18). The number of terminal acetylenes is 1. The van der Waals surface area contributed by atoms with Gasteiger partial charge in [0.1, 0.15) is 6.04 Å². The fraction of sp³-hybridized carbons (Fsp3) is 0.333. The number of carbonyl (C=O) groups excluding carboxylic acids is 2. The zero-order valence-corrected chi connectivity index (χ0v) is 11.6. The molecule has 20 heavy (non-hydrogen) atoms. The van der Waals surface area contributed by atoms with E-state index in [2.05, 4.69) is 21.3 Å². The Balaban J connectivity index is 2.51. The van der Waals surface area contributed by atoms with Gasteiger partial charge in [-0.2, -0.15) is 0 Å². The van der Waals surface area contributed by atoms with Gasteiger partial charge in [-0.05, 0) is 24.6 Å². The van der Waals surface area contributed by atoms with Crippen molar-refractivity contribution >= 4 is 17.6 Å². The predicted octanol–water partition coefficient (Wildman–Crippen LogP) is 1.15. The number of hydrogen-bond acceptors (Lipinski definition) is 4. The molecule has 1 aromatic carbocycles. The molecule has 5 nitrogen and oxygen atoms in total. The molecule has 5 heteroatoms. The second kappa shape index (κ2) is 7.97. The molecule has 0 heterocycles. The molecule has 0 saturated heterocycles. The molecule has 2 N–H and O–H groups in total. The molecular weight excluding hydrogens is 256 g/mol. The van der Waals surface area contributed by atoms with E-state index in [0.717, 1.165) is 0 Å². The maximum Gasteiger partial charge on any atom is 0.322 e. The molecule has 1 atom stereocenters. The highest BCUT2D eigenvalue weighted by atomic mass is 16.5. The van der Waals surface area contributed by atoms with E-state index >= 15 is 0 Å². The third-order valence-corrected chi connectivity index (χ3v) is 2.72. The monoisotopic (exact) mass is 274 g/mol. The Morgan fingerprint density at radius 2 is 2.20 bits per heavy atom. The van der Waals surface area contributed by atoms with Crippen molar-refractivity contribution in [1.82, 2.24) is 5.32 Å². The molecule has 0 radical (unpaired) electrons. The molecule has 1 rings (SSSR count). The van der Waals surface area contributed by atoms with Crippen molar-refractivity contribution < 1.29 is 14.3 Å². The summed E-state index contributed by atoms with van der Waals surface area (Å²) < 4.78 is 4.63. The topological polar surface area (TPSA) is 67.4 Å². The Bertz CT molecular complexity index is 520. The van der Waals surface area contributed by atoms with E-state index in [4.69, 9.17) is 6.42 Å². The molecule has 0 bridgehead atoms. The van der Waals surface area contributed by atoms with Gasteiger partial charge in [0.25, 0.3) is 0 Å². The molecule has 1 amide bonds. The molecule has 1 aromatic rings. The number of rotatable bonds is 6.